The second-order valence-electron chi connectivity index (χ2n) is 3.95. The molecule has 0 aliphatic heterocycles. The van der Waals surface area contributed by atoms with Crippen LogP contribution in [0.3, 0.4) is 0 Å². The number of nitrogens with two attached hydrogens (primary N) is 1. The van der Waals surface area contributed by atoms with Crippen LogP contribution in [0.1, 0.15) is 37.7 Å². The standard InChI is InChI=1S/C11H16N4.CH5N/c12-6-9-7-13-8-14-11(9)15-10-4-2-1-3-5-10;1-2/h6-8,10,12H,1-5H2,(H,13,14,15);2H2,1H3. The van der Waals surface area contributed by atoms with Crippen LogP contribution in [0.5, 0.6) is 0 Å². The second-order valence-corrected chi connectivity index (χ2v) is 3.95. The predicted molar refractivity (Wildman–Crippen MR) is 70.5 cm³/mol. The zero-order valence-electron chi connectivity index (χ0n) is 10.3. The van der Waals surface area contributed by atoms with E-state index in [-0.39, 0.29) is 0 Å². The van der Waals surface area contributed by atoms with Crippen LogP contribution in [-0.4, -0.2) is 29.3 Å². The van der Waals surface area contributed by atoms with E-state index < -0.39 is 0 Å². The molecule has 0 atom stereocenters. The molecule has 0 saturated heterocycles. The maximum absolute atomic E-state index is 7.26. The van der Waals surface area contributed by atoms with Crippen molar-refractivity contribution in [3.63, 3.8) is 0 Å². The summed E-state index contributed by atoms with van der Waals surface area (Å²) in [7, 11) is 1.50. The smallest absolute Gasteiger partial charge is 0.138 e. The highest BCUT2D eigenvalue weighted by Crippen LogP contribution is 2.21. The molecule has 2 rings (SSSR count). The molecule has 0 radical (unpaired) electrons. The minimum Gasteiger partial charge on any atom is -0.367 e. The van der Waals surface area contributed by atoms with Gasteiger partial charge in [0.2, 0.25) is 0 Å². The molecule has 94 valence electrons. The van der Waals surface area contributed by atoms with E-state index in [9.17, 15) is 0 Å². The molecule has 1 saturated carbocycles. The molecule has 1 aromatic rings. The molecule has 0 unspecified atom stereocenters. The van der Waals surface area contributed by atoms with Crippen molar-refractivity contribution in [1.82, 2.24) is 9.97 Å². The van der Waals surface area contributed by atoms with E-state index in [0.717, 1.165) is 11.4 Å². The normalized spacial score (nSPS) is 15.6. The molecule has 0 spiro atoms. The molecule has 1 heterocycles. The highest BCUT2D eigenvalue weighted by atomic mass is 15.0. The number of nitrogens with one attached hydrogen (secondary N) is 2. The third kappa shape index (κ3) is 4.11. The van der Waals surface area contributed by atoms with Gasteiger partial charge in [0, 0.05) is 18.5 Å². The van der Waals surface area contributed by atoms with Crippen LogP contribution in [-0.2, 0) is 0 Å². The molecule has 0 aromatic carbocycles. The van der Waals surface area contributed by atoms with Gasteiger partial charge in [0.1, 0.15) is 12.1 Å². The monoisotopic (exact) mass is 235 g/mol. The topological polar surface area (TPSA) is 87.7 Å². The Balaban J connectivity index is 0.000000686. The van der Waals surface area contributed by atoms with Gasteiger partial charge in [-0.05, 0) is 19.9 Å². The van der Waals surface area contributed by atoms with Gasteiger partial charge in [-0.25, -0.2) is 9.97 Å². The first-order chi connectivity index (χ1) is 8.40. The summed E-state index contributed by atoms with van der Waals surface area (Å²) < 4.78 is 0. The first-order valence-corrected chi connectivity index (χ1v) is 6.05. The lowest BCUT2D eigenvalue weighted by Crippen LogP contribution is -2.23. The lowest BCUT2D eigenvalue weighted by Gasteiger charge is -2.23. The van der Waals surface area contributed by atoms with Crippen LogP contribution in [0, 0.1) is 5.41 Å². The van der Waals surface area contributed by atoms with Crippen molar-refractivity contribution in [2.45, 2.75) is 38.1 Å². The minimum atomic E-state index is 0.521. The molecule has 1 aromatic heterocycles. The zero-order chi connectivity index (χ0) is 12.5. The molecule has 1 fully saturated rings. The summed E-state index contributed by atoms with van der Waals surface area (Å²) in [5.74, 6) is 0.798. The highest BCUT2D eigenvalue weighted by Gasteiger charge is 2.14. The Morgan fingerprint density at radius 3 is 2.71 bits per heavy atom. The molecule has 0 amide bonds. The van der Waals surface area contributed by atoms with Crippen molar-refractivity contribution in [3.8, 4) is 0 Å². The zero-order valence-corrected chi connectivity index (χ0v) is 10.3. The summed E-state index contributed by atoms with van der Waals surface area (Å²) >= 11 is 0. The number of hydrogen-bond acceptors (Lipinski definition) is 5. The lowest BCUT2D eigenvalue weighted by atomic mass is 9.95. The summed E-state index contributed by atoms with van der Waals surface area (Å²) in [6.07, 6.45) is 10.8. The van der Waals surface area contributed by atoms with Crippen molar-refractivity contribution in [3.05, 3.63) is 18.1 Å². The van der Waals surface area contributed by atoms with Crippen molar-refractivity contribution >= 4 is 12.0 Å². The Labute approximate surface area is 102 Å². The number of rotatable bonds is 3. The quantitative estimate of drug-likeness (QED) is 0.697. The van der Waals surface area contributed by atoms with Gasteiger partial charge in [-0.15, -0.1) is 0 Å². The van der Waals surface area contributed by atoms with Gasteiger partial charge in [-0.2, -0.15) is 0 Å². The molecular weight excluding hydrogens is 214 g/mol. The molecule has 4 N–H and O–H groups in total. The Morgan fingerprint density at radius 2 is 2.06 bits per heavy atom. The lowest BCUT2D eigenvalue weighted by molar-refractivity contribution is 0.462. The fourth-order valence-electron chi connectivity index (χ4n) is 2.01. The van der Waals surface area contributed by atoms with Gasteiger partial charge in [0.15, 0.2) is 0 Å². The first-order valence-electron chi connectivity index (χ1n) is 6.05. The van der Waals surface area contributed by atoms with E-state index in [0.29, 0.717) is 6.04 Å². The summed E-state index contributed by atoms with van der Waals surface area (Å²) in [4.78, 5) is 8.08. The fourth-order valence-corrected chi connectivity index (χ4v) is 2.01. The van der Waals surface area contributed by atoms with Crippen LogP contribution < -0.4 is 11.1 Å². The van der Waals surface area contributed by atoms with Crippen LogP contribution in [0.25, 0.3) is 0 Å². The molecule has 5 nitrogen and oxygen atoms in total. The highest BCUT2D eigenvalue weighted by molar-refractivity contribution is 5.83. The van der Waals surface area contributed by atoms with E-state index >= 15 is 0 Å². The molecule has 5 heteroatoms. The third-order valence-corrected chi connectivity index (χ3v) is 2.84. The average Bonchev–Trinajstić information content (AvgIpc) is 2.43. The Hall–Kier alpha value is -1.49. The summed E-state index contributed by atoms with van der Waals surface area (Å²) in [6, 6.07) is 0.521. The molecule has 0 bridgehead atoms. The Morgan fingerprint density at radius 1 is 1.35 bits per heavy atom. The van der Waals surface area contributed by atoms with Gasteiger partial charge in [0.05, 0.1) is 5.56 Å². The average molecular weight is 235 g/mol. The minimum absolute atomic E-state index is 0.521. The predicted octanol–water partition coefficient (Wildman–Crippen LogP) is 1.79. The van der Waals surface area contributed by atoms with Gasteiger partial charge in [-0.1, -0.05) is 19.3 Å². The Kier molecular flexibility index (Phi) is 6.17. The maximum Gasteiger partial charge on any atom is 0.138 e. The van der Waals surface area contributed by atoms with Gasteiger partial charge < -0.3 is 16.5 Å². The molecular formula is C12H21N5. The maximum atomic E-state index is 7.26. The van der Waals surface area contributed by atoms with Crippen LogP contribution >= 0.6 is 0 Å². The van der Waals surface area contributed by atoms with Crippen molar-refractivity contribution in [1.29, 1.82) is 5.41 Å². The van der Waals surface area contributed by atoms with E-state index in [1.165, 1.54) is 51.7 Å². The van der Waals surface area contributed by atoms with E-state index in [1.54, 1.807) is 6.20 Å². The summed E-state index contributed by atoms with van der Waals surface area (Å²) in [5.41, 5.74) is 5.27. The second kappa shape index (κ2) is 7.73. The van der Waals surface area contributed by atoms with Crippen LogP contribution in [0.2, 0.25) is 0 Å². The SMILES string of the molecule is CN.N=Cc1cncnc1NC1CCCCC1. The number of hydrogen-bond donors (Lipinski definition) is 3. The molecule has 1 aliphatic rings. The summed E-state index contributed by atoms with van der Waals surface area (Å²) in [5, 5.41) is 10.7. The molecule has 17 heavy (non-hydrogen) atoms. The van der Waals surface area contributed by atoms with E-state index in [2.05, 4.69) is 21.0 Å². The van der Waals surface area contributed by atoms with Crippen molar-refractivity contribution < 1.29 is 0 Å². The van der Waals surface area contributed by atoms with Gasteiger partial charge in [0.25, 0.3) is 0 Å². The Bertz CT molecular complexity index is 333. The molecule has 1 aliphatic carbocycles. The number of nitrogens with zero attached hydrogens (tertiary/aromatic N) is 2. The number of aromatic nitrogens is 2. The number of anilines is 1. The van der Waals surface area contributed by atoms with E-state index in [1.807, 2.05) is 0 Å². The fraction of sp³-hybridized carbons (Fsp3) is 0.583. The van der Waals surface area contributed by atoms with Crippen LogP contribution in [0.4, 0.5) is 5.82 Å². The largest absolute Gasteiger partial charge is 0.367 e. The van der Waals surface area contributed by atoms with Crippen molar-refractivity contribution in [2.24, 2.45) is 5.73 Å². The van der Waals surface area contributed by atoms with Gasteiger partial charge in [-0.3, -0.25) is 0 Å². The van der Waals surface area contributed by atoms with E-state index in [4.69, 9.17) is 5.41 Å². The van der Waals surface area contributed by atoms with Gasteiger partial charge >= 0.3 is 0 Å². The van der Waals surface area contributed by atoms with Crippen LogP contribution in [0.15, 0.2) is 12.5 Å². The summed E-state index contributed by atoms with van der Waals surface area (Å²) in [6.45, 7) is 0. The van der Waals surface area contributed by atoms with Crippen molar-refractivity contribution in [2.75, 3.05) is 12.4 Å². The third-order valence-electron chi connectivity index (χ3n) is 2.84. The first kappa shape index (κ1) is 13.6.